The molecule has 0 unspecified atom stereocenters. The summed E-state index contributed by atoms with van der Waals surface area (Å²) in [7, 11) is 4.04. The Morgan fingerprint density at radius 2 is 2.14 bits per heavy atom. The van der Waals surface area contributed by atoms with Crippen LogP contribution in [0.25, 0.3) is 0 Å². The standard InChI is InChI=1S/C21H32N4O3/c1-4-6-18-21(27)25-14-16(12-19(25)20(26)23-18)22-13-15-7-5-8-17(11-15)28-10-9-24(2)3/h5,7-8,11,16,18-19,22H,4,6,9-10,12-14H2,1-3H3,(H,23,26)/t16-,18-,19-/m0/s1. The van der Waals surface area contributed by atoms with Crippen LogP contribution in [0.3, 0.4) is 0 Å². The van der Waals surface area contributed by atoms with Crippen molar-refractivity contribution in [1.82, 2.24) is 20.4 Å². The van der Waals surface area contributed by atoms with Crippen LogP contribution in [-0.2, 0) is 16.1 Å². The number of benzene rings is 1. The summed E-state index contributed by atoms with van der Waals surface area (Å²) in [5, 5.41) is 6.40. The van der Waals surface area contributed by atoms with Crippen LogP contribution in [0.2, 0.25) is 0 Å². The van der Waals surface area contributed by atoms with E-state index in [2.05, 4.69) is 21.6 Å². The number of piperazine rings is 1. The maximum Gasteiger partial charge on any atom is 0.245 e. The topological polar surface area (TPSA) is 73.9 Å². The third-order valence-corrected chi connectivity index (χ3v) is 5.38. The molecule has 0 aromatic heterocycles. The number of amides is 2. The number of hydrogen-bond acceptors (Lipinski definition) is 5. The van der Waals surface area contributed by atoms with Crippen LogP contribution < -0.4 is 15.4 Å². The SMILES string of the molecule is CCC[C@@H]1NC(=O)[C@@H]2C[C@H](NCc3cccc(OCCN(C)C)c3)CN2C1=O. The van der Waals surface area contributed by atoms with Gasteiger partial charge in [0, 0.05) is 25.7 Å². The van der Waals surface area contributed by atoms with Gasteiger partial charge < -0.3 is 25.2 Å². The molecule has 2 heterocycles. The number of fused-ring (bicyclic) bond motifs is 1. The van der Waals surface area contributed by atoms with Crippen LogP contribution >= 0.6 is 0 Å². The number of rotatable bonds is 9. The summed E-state index contributed by atoms with van der Waals surface area (Å²) < 4.78 is 5.79. The normalized spacial score (nSPS) is 24.4. The highest BCUT2D eigenvalue weighted by atomic mass is 16.5. The lowest BCUT2D eigenvalue weighted by Crippen LogP contribution is -2.61. The molecule has 2 fully saturated rings. The maximum atomic E-state index is 12.6. The highest BCUT2D eigenvalue weighted by Crippen LogP contribution is 2.24. The number of carbonyl (C=O) groups is 2. The molecule has 3 rings (SSSR count). The van der Waals surface area contributed by atoms with E-state index in [1.165, 1.54) is 0 Å². The zero-order valence-electron chi connectivity index (χ0n) is 17.1. The first-order valence-electron chi connectivity index (χ1n) is 10.2. The average molecular weight is 389 g/mol. The van der Waals surface area contributed by atoms with E-state index < -0.39 is 0 Å². The van der Waals surface area contributed by atoms with E-state index in [0.717, 1.165) is 24.3 Å². The number of nitrogens with one attached hydrogen (secondary N) is 2. The van der Waals surface area contributed by atoms with Crippen molar-refractivity contribution in [2.24, 2.45) is 0 Å². The molecule has 0 spiro atoms. The van der Waals surface area contributed by atoms with Crippen molar-refractivity contribution < 1.29 is 14.3 Å². The second-order valence-electron chi connectivity index (χ2n) is 7.97. The van der Waals surface area contributed by atoms with Crippen molar-refractivity contribution in [3.8, 4) is 5.75 Å². The molecule has 7 nitrogen and oxygen atoms in total. The zero-order valence-corrected chi connectivity index (χ0v) is 17.1. The fraction of sp³-hybridized carbons (Fsp3) is 0.619. The summed E-state index contributed by atoms with van der Waals surface area (Å²) in [6.07, 6.45) is 2.24. The number of nitrogens with zero attached hydrogens (tertiary/aromatic N) is 2. The van der Waals surface area contributed by atoms with E-state index in [-0.39, 0.29) is 29.9 Å². The average Bonchev–Trinajstić information content (AvgIpc) is 3.10. The number of likely N-dealkylation sites (N-methyl/N-ethyl adjacent to an activating group) is 1. The zero-order chi connectivity index (χ0) is 20.1. The molecule has 2 aliphatic heterocycles. The van der Waals surface area contributed by atoms with Gasteiger partial charge in [0.05, 0.1) is 0 Å². The van der Waals surface area contributed by atoms with Crippen molar-refractivity contribution in [2.75, 3.05) is 33.8 Å². The third-order valence-electron chi connectivity index (χ3n) is 5.38. The van der Waals surface area contributed by atoms with Crippen molar-refractivity contribution in [3.05, 3.63) is 29.8 Å². The predicted molar refractivity (Wildman–Crippen MR) is 108 cm³/mol. The highest BCUT2D eigenvalue weighted by Gasteiger charge is 2.45. The second kappa shape index (κ2) is 9.39. The summed E-state index contributed by atoms with van der Waals surface area (Å²) in [6, 6.07) is 7.49. The van der Waals surface area contributed by atoms with Crippen LogP contribution in [0.4, 0.5) is 0 Å². The Bertz CT molecular complexity index is 694. The first-order chi connectivity index (χ1) is 13.5. The van der Waals surface area contributed by atoms with E-state index in [1.807, 2.05) is 39.2 Å². The summed E-state index contributed by atoms with van der Waals surface area (Å²) >= 11 is 0. The molecule has 0 bridgehead atoms. The first-order valence-corrected chi connectivity index (χ1v) is 10.2. The molecule has 0 radical (unpaired) electrons. The fourth-order valence-corrected chi connectivity index (χ4v) is 3.84. The molecular formula is C21H32N4O3. The Kier molecular flexibility index (Phi) is 6.91. The lowest BCUT2D eigenvalue weighted by atomic mass is 10.0. The van der Waals surface area contributed by atoms with Crippen molar-refractivity contribution in [3.63, 3.8) is 0 Å². The molecule has 2 N–H and O–H groups in total. The van der Waals surface area contributed by atoms with Crippen LogP contribution in [0, 0.1) is 0 Å². The van der Waals surface area contributed by atoms with Gasteiger partial charge in [-0.2, -0.15) is 0 Å². The molecule has 28 heavy (non-hydrogen) atoms. The molecule has 2 amide bonds. The Labute approximate surface area is 167 Å². The van der Waals surface area contributed by atoms with Gasteiger partial charge in [0.25, 0.3) is 0 Å². The largest absolute Gasteiger partial charge is 0.492 e. The van der Waals surface area contributed by atoms with E-state index in [0.29, 0.717) is 32.5 Å². The predicted octanol–water partition coefficient (Wildman–Crippen LogP) is 0.985. The molecular weight excluding hydrogens is 356 g/mol. The molecule has 1 aromatic rings. The highest BCUT2D eigenvalue weighted by molar-refractivity contribution is 5.97. The van der Waals surface area contributed by atoms with Gasteiger partial charge in [-0.05, 0) is 44.6 Å². The van der Waals surface area contributed by atoms with Gasteiger partial charge in [0.15, 0.2) is 0 Å². The lowest BCUT2D eigenvalue weighted by molar-refractivity contribution is -0.147. The van der Waals surface area contributed by atoms with Crippen LogP contribution in [-0.4, -0.2) is 73.5 Å². The van der Waals surface area contributed by atoms with Crippen LogP contribution in [0.1, 0.15) is 31.7 Å². The minimum atomic E-state index is -0.358. The minimum absolute atomic E-state index is 0.0151. The van der Waals surface area contributed by atoms with E-state index in [4.69, 9.17) is 4.74 Å². The van der Waals surface area contributed by atoms with Gasteiger partial charge in [-0.3, -0.25) is 9.59 Å². The number of hydrogen-bond donors (Lipinski definition) is 2. The maximum absolute atomic E-state index is 12.6. The molecule has 7 heteroatoms. The van der Waals surface area contributed by atoms with E-state index in [1.54, 1.807) is 4.90 Å². The van der Waals surface area contributed by atoms with Gasteiger partial charge in [-0.15, -0.1) is 0 Å². The third kappa shape index (κ3) is 5.02. The van der Waals surface area contributed by atoms with Crippen molar-refractivity contribution in [1.29, 1.82) is 0 Å². The monoisotopic (exact) mass is 388 g/mol. The summed E-state index contributed by atoms with van der Waals surface area (Å²) in [5.74, 6) is 0.910. The molecule has 2 saturated heterocycles. The Balaban J connectivity index is 1.52. The molecule has 3 atom stereocenters. The van der Waals surface area contributed by atoms with Gasteiger partial charge >= 0.3 is 0 Å². The molecule has 2 aliphatic rings. The van der Waals surface area contributed by atoms with Gasteiger partial charge in [-0.25, -0.2) is 0 Å². The summed E-state index contributed by atoms with van der Waals surface area (Å²) in [4.78, 5) is 28.8. The minimum Gasteiger partial charge on any atom is -0.492 e. The summed E-state index contributed by atoms with van der Waals surface area (Å²) in [5.41, 5.74) is 1.13. The van der Waals surface area contributed by atoms with Crippen molar-refractivity contribution in [2.45, 2.75) is 50.9 Å². The molecule has 154 valence electrons. The Morgan fingerprint density at radius 3 is 2.89 bits per heavy atom. The van der Waals surface area contributed by atoms with Gasteiger partial charge in [0.1, 0.15) is 24.4 Å². The number of ether oxygens (including phenoxy) is 1. The molecule has 0 aliphatic carbocycles. The van der Waals surface area contributed by atoms with Crippen LogP contribution in [0.5, 0.6) is 5.75 Å². The Hall–Kier alpha value is -2.12. The van der Waals surface area contributed by atoms with Gasteiger partial charge in [0.2, 0.25) is 11.8 Å². The van der Waals surface area contributed by atoms with E-state index >= 15 is 0 Å². The summed E-state index contributed by atoms with van der Waals surface area (Å²) in [6.45, 7) is 4.83. The second-order valence-corrected chi connectivity index (χ2v) is 7.97. The lowest BCUT2D eigenvalue weighted by Gasteiger charge is -2.34. The first kappa shape index (κ1) is 20.6. The molecule has 0 saturated carbocycles. The van der Waals surface area contributed by atoms with E-state index in [9.17, 15) is 9.59 Å². The van der Waals surface area contributed by atoms with Gasteiger partial charge in [-0.1, -0.05) is 25.5 Å². The number of carbonyl (C=O) groups excluding carboxylic acids is 2. The van der Waals surface area contributed by atoms with Crippen molar-refractivity contribution >= 4 is 11.8 Å². The molecule has 1 aromatic carbocycles. The van der Waals surface area contributed by atoms with Crippen LogP contribution in [0.15, 0.2) is 24.3 Å². The Morgan fingerprint density at radius 1 is 1.32 bits per heavy atom. The fourth-order valence-electron chi connectivity index (χ4n) is 3.84. The quantitative estimate of drug-likeness (QED) is 0.660. The smallest absolute Gasteiger partial charge is 0.245 e.